The lowest BCUT2D eigenvalue weighted by Gasteiger charge is -2.17. The summed E-state index contributed by atoms with van der Waals surface area (Å²) in [5.41, 5.74) is 0.844. The van der Waals surface area contributed by atoms with Gasteiger partial charge in [0.05, 0.1) is 12.2 Å². The SMILES string of the molecule is O=C(CC[C@H]1CCC[C@H]2O[C@@H]12)c1ccccc1. The molecule has 3 atom stereocenters. The Bertz CT molecular complexity index is 399. The van der Waals surface area contributed by atoms with E-state index in [-0.39, 0.29) is 5.78 Å². The van der Waals surface area contributed by atoms with E-state index in [9.17, 15) is 4.79 Å². The van der Waals surface area contributed by atoms with E-state index >= 15 is 0 Å². The van der Waals surface area contributed by atoms with Crippen LogP contribution in [0.5, 0.6) is 0 Å². The zero-order chi connectivity index (χ0) is 11.7. The van der Waals surface area contributed by atoms with Crippen molar-refractivity contribution in [3.63, 3.8) is 0 Å². The Hall–Kier alpha value is -1.15. The number of Topliss-reactive ketones (excluding diaryl/α,β-unsaturated/α-hetero) is 1. The first-order valence-electron chi connectivity index (χ1n) is 6.58. The summed E-state index contributed by atoms with van der Waals surface area (Å²) in [6.07, 6.45) is 6.41. The van der Waals surface area contributed by atoms with Gasteiger partial charge in [-0.3, -0.25) is 4.79 Å². The summed E-state index contributed by atoms with van der Waals surface area (Å²) in [6, 6.07) is 9.60. The minimum absolute atomic E-state index is 0.272. The predicted octanol–water partition coefficient (Wildman–Crippen LogP) is 3.22. The van der Waals surface area contributed by atoms with Crippen molar-refractivity contribution in [3.8, 4) is 0 Å². The normalized spacial score (nSPS) is 30.7. The molecule has 0 bridgehead atoms. The molecule has 90 valence electrons. The van der Waals surface area contributed by atoms with Gasteiger partial charge >= 0.3 is 0 Å². The van der Waals surface area contributed by atoms with E-state index < -0.39 is 0 Å². The molecule has 2 heteroatoms. The smallest absolute Gasteiger partial charge is 0.162 e. The molecule has 2 nitrogen and oxygen atoms in total. The van der Waals surface area contributed by atoms with Gasteiger partial charge < -0.3 is 4.74 Å². The van der Waals surface area contributed by atoms with Crippen molar-refractivity contribution >= 4 is 5.78 Å². The molecule has 1 saturated heterocycles. The average Bonchev–Trinajstić information content (AvgIpc) is 3.16. The second-order valence-corrected chi connectivity index (χ2v) is 5.16. The van der Waals surface area contributed by atoms with Crippen LogP contribution in [0.15, 0.2) is 30.3 Å². The zero-order valence-electron chi connectivity index (χ0n) is 9.97. The third-order valence-electron chi connectivity index (χ3n) is 3.99. The van der Waals surface area contributed by atoms with Crippen molar-refractivity contribution in [1.82, 2.24) is 0 Å². The summed E-state index contributed by atoms with van der Waals surface area (Å²) in [6.45, 7) is 0. The van der Waals surface area contributed by atoms with E-state index in [4.69, 9.17) is 4.74 Å². The van der Waals surface area contributed by atoms with Crippen LogP contribution in [0, 0.1) is 5.92 Å². The van der Waals surface area contributed by atoms with Gasteiger partial charge in [0.1, 0.15) is 0 Å². The number of carbonyl (C=O) groups is 1. The van der Waals surface area contributed by atoms with E-state index in [1.807, 2.05) is 30.3 Å². The van der Waals surface area contributed by atoms with Crippen LogP contribution in [0.4, 0.5) is 0 Å². The Kier molecular flexibility index (Phi) is 2.98. The van der Waals surface area contributed by atoms with Crippen LogP contribution in [-0.4, -0.2) is 18.0 Å². The monoisotopic (exact) mass is 230 g/mol. The van der Waals surface area contributed by atoms with Gasteiger partial charge in [0.25, 0.3) is 0 Å². The first kappa shape index (κ1) is 11.0. The van der Waals surface area contributed by atoms with Crippen molar-refractivity contribution in [1.29, 1.82) is 0 Å². The van der Waals surface area contributed by atoms with E-state index in [0.717, 1.165) is 12.0 Å². The van der Waals surface area contributed by atoms with Gasteiger partial charge in [0, 0.05) is 12.0 Å². The minimum Gasteiger partial charge on any atom is -0.369 e. The molecule has 1 aromatic rings. The number of hydrogen-bond donors (Lipinski definition) is 0. The largest absolute Gasteiger partial charge is 0.369 e. The lowest BCUT2D eigenvalue weighted by Crippen LogP contribution is -2.17. The van der Waals surface area contributed by atoms with Crippen LogP contribution in [0.25, 0.3) is 0 Å². The van der Waals surface area contributed by atoms with E-state index in [0.29, 0.717) is 24.5 Å². The molecule has 1 aromatic carbocycles. The number of fused-ring (bicyclic) bond motifs is 1. The third-order valence-corrected chi connectivity index (χ3v) is 3.99. The molecule has 0 spiro atoms. The highest BCUT2D eigenvalue weighted by Gasteiger charge is 2.46. The fraction of sp³-hybridized carbons (Fsp3) is 0.533. The Morgan fingerprint density at radius 3 is 2.88 bits per heavy atom. The summed E-state index contributed by atoms with van der Waals surface area (Å²) in [7, 11) is 0. The van der Waals surface area contributed by atoms with Crippen molar-refractivity contribution in [2.24, 2.45) is 5.92 Å². The molecule has 0 amide bonds. The standard InChI is InChI=1S/C15H18O2/c16-13(11-5-2-1-3-6-11)10-9-12-7-4-8-14-15(12)17-14/h1-3,5-6,12,14-15H,4,7-10H2/t12-,14-,15+/m1/s1. The van der Waals surface area contributed by atoms with Gasteiger partial charge in [-0.05, 0) is 25.2 Å². The summed E-state index contributed by atoms with van der Waals surface area (Å²) in [5.74, 6) is 0.898. The second-order valence-electron chi connectivity index (χ2n) is 5.16. The Morgan fingerprint density at radius 1 is 1.24 bits per heavy atom. The van der Waals surface area contributed by atoms with Crippen LogP contribution >= 0.6 is 0 Å². The van der Waals surface area contributed by atoms with Gasteiger partial charge in [0.15, 0.2) is 5.78 Å². The number of epoxide rings is 1. The molecule has 1 aliphatic heterocycles. The molecule has 1 saturated carbocycles. The van der Waals surface area contributed by atoms with E-state index in [1.165, 1.54) is 19.3 Å². The molecule has 0 aromatic heterocycles. The summed E-state index contributed by atoms with van der Waals surface area (Å²) >= 11 is 0. The average molecular weight is 230 g/mol. The maximum absolute atomic E-state index is 12.0. The first-order chi connectivity index (χ1) is 8.34. The number of carbonyl (C=O) groups excluding carboxylic acids is 1. The van der Waals surface area contributed by atoms with Gasteiger partial charge in [-0.2, -0.15) is 0 Å². The minimum atomic E-state index is 0.272. The topological polar surface area (TPSA) is 29.6 Å². The summed E-state index contributed by atoms with van der Waals surface area (Å²) < 4.78 is 5.62. The maximum Gasteiger partial charge on any atom is 0.162 e. The zero-order valence-corrected chi connectivity index (χ0v) is 9.97. The molecular weight excluding hydrogens is 212 g/mol. The second kappa shape index (κ2) is 4.61. The molecule has 0 N–H and O–H groups in total. The summed E-state index contributed by atoms with van der Waals surface area (Å²) in [5, 5.41) is 0. The van der Waals surface area contributed by atoms with Crippen molar-refractivity contribution in [3.05, 3.63) is 35.9 Å². The Morgan fingerprint density at radius 2 is 2.06 bits per heavy atom. The number of hydrogen-bond acceptors (Lipinski definition) is 2. The predicted molar refractivity (Wildman–Crippen MR) is 66.0 cm³/mol. The molecule has 0 radical (unpaired) electrons. The number of benzene rings is 1. The van der Waals surface area contributed by atoms with Crippen molar-refractivity contribution < 1.29 is 9.53 Å². The first-order valence-corrected chi connectivity index (χ1v) is 6.58. The van der Waals surface area contributed by atoms with Crippen LogP contribution < -0.4 is 0 Å². The molecule has 2 aliphatic rings. The van der Waals surface area contributed by atoms with Gasteiger partial charge in [-0.25, -0.2) is 0 Å². The molecule has 1 heterocycles. The van der Waals surface area contributed by atoms with Crippen LogP contribution in [0.2, 0.25) is 0 Å². The number of rotatable bonds is 4. The van der Waals surface area contributed by atoms with Gasteiger partial charge in [0.2, 0.25) is 0 Å². The highest BCUT2D eigenvalue weighted by atomic mass is 16.6. The molecule has 3 rings (SSSR count). The lowest BCUT2D eigenvalue weighted by atomic mass is 9.85. The fourth-order valence-electron chi connectivity index (χ4n) is 2.94. The van der Waals surface area contributed by atoms with Crippen LogP contribution in [0.3, 0.4) is 0 Å². The molecular formula is C15H18O2. The summed E-state index contributed by atoms with van der Waals surface area (Å²) in [4.78, 5) is 12.0. The third kappa shape index (κ3) is 2.42. The Balaban J connectivity index is 1.52. The molecule has 1 aliphatic carbocycles. The van der Waals surface area contributed by atoms with Gasteiger partial charge in [-0.1, -0.05) is 36.8 Å². The van der Waals surface area contributed by atoms with E-state index in [1.54, 1.807) is 0 Å². The number of ketones is 1. The maximum atomic E-state index is 12.0. The fourth-order valence-corrected chi connectivity index (χ4v) is 2.94. The van der Waals surface area contributed by atoms with Crippen LogP contribution in [-0.2, 0) is 4.74 Å². The van der Waals surface area contributed by atoms with Crippen molar-refractivity contribution in [2.45, 2.75) is 44.3 Å². The van der Waals surface area contributed by atoms with Gasteiger partial charge in [-0.15, -0.1) is 0 Å². The molecule has 0 unspecified atom stereocenters. The highest BCUT2D eigenvalue weighted by Crippen LogP contribution is 2.42. The highest BCUT2D eigenvalue weighted by molar-refractivity contribution is 5.95. The van der Waals surface area contributed by atoms with E-state index in [2.05, 4.69) is 0 Å². The van der Waals surface area contributed by atoms with Crippen molar-refractivity contribution in [2.75, 3.05) is 0 Å². The van der Waals surface area contributed by atoms with Crippen LogP contribution in [0.1, 0.15) is 42.5 Å². The lowest BCUT2D eigenvalue weighted by molar-refractivity contribution is 0.0970. The quantitative estimate of drug-likeness (QED) is 0.587. The number of ether oxygens (including phenoxy) is 1. The molecule has 17 heavy (non-hydrogen) atoms. The Labute approximate surface area is 102 Å². The molecule has 2 fully saturated rings.